The van der Waals surface area contributed by atoms with E-state index in [0.29, 0.717) is 6.04 Å². The molecular formula is C14H18BrN3O. The molecule has 5 heteroatoms. The van der Waals surface area contributed by atoms with Gasteiger partial charge in [-0.3, -0.25) is 9.58 Å². The molecule has 0 aromatic carbocycles. The van der Waals surface area contributed by atoms with Gasteiger partial charge in [-0.15, -0.1) is 0 Å². The first-order chi connectivity index (χ1) is 9.15. The molecule has 19 heavy (non-hydrogen) atoms. The Hall–Kier alpha value is -1.07. The molecule has 2 aromatic heterocycles. The minimum atomic E-state index is 0.470. The Balaban J connectivity index is 1.80. The van der Waals surface area contributed by atoms with E-state index in [4.69, 9.17) is 4.42 Å². The van der Waals surface area contributed by atoms with Gasteiger partial charge in [0.2, 0.25) is 0 Å². The molecule has 1 aliphatic heterocycles. The van der Waals surface area contributed by atoms with E-state index in [-0.39, 0.29) is 0 Å². The standard InChI is InChI=1S/C14H18BrN3O/c1-10-12(8-16-17(10)2)13-4-3-7-18(13)9-11-5-6-14(15)19-11/h5-6,8,13H,3-4,7,9H2,1-2H3/t13-/m0/s1. The summed E-state index contributed by atoms with van der Waals surface area (Å²) >= 11 is 3.36. The Bertz CT molecular complexity index is 575. The fourth-order valence-corrected chi connectivity index (χ4v) is 3.19. The highest BCUT2D eigenvalue weighted by atomic mass is 79.9. The number of aryl methyl sites for hydroxylation is 1. The third-order valence-corrected chi connectivity index (χ3v) is 4.41. The lowest BCUT2D eigenvalue weighted by Crippen LogP contribution is -2.22. The number of rotatable bonds is 3. The molecule has 1 aliphatic rings. The summed E-state index contributed by atoms with van der Waals surface area (Å²) in [6.45, 7) is 4.13. The lowest BCUT2D eigenvalue weighted by Gasteiger charge is -2.23. The van der Waals surface area contributed by atoms with Crippen molar-refractivity contribution in [2.24, 2.45) is 7.05 Å². The molecule has 1 fully saturated rings. The number of likely N-dealkylation sites (tertiary alicyclic amines) is 1. The van der Waals surface area contributed by atoms with Crippen LogP contribution in [0.3, 0.4) is 0 Å². The zero-order valence-corrected chi connectivity index (χ0v) is 12.9. The molecule has 0 radical (unpaired) electrons. The number of halogens is 1. The smallest absolute Gasteiger partial charge is 0.169 e. The second-order valence-electron chi connectivity index (χ2n) is 5.14. The van der Waals surface area contributed by atoms with Gasteiger partial charge in [-0.05, 0) is 54.4 Å². The molecule has 2 aromatic rings. The Kier molecular flexibility index (Phi) is 3.50. The van der Waals surface area contributed by atoms with Crippen LogP contribution in [0, 0.1) is 6.92 Å². The van der Waals surface area contributed by atoms with Gasteiger partial charge in [-0.2, -0.15) is 5.10 Å². The summed E-state index contributed by atoms with van der Waals surface area (Å²) < 4.78 is 8.37. The maximum atomic E-state index is 5.62. The van der Waals surface area contributed by atoms with Crippen molar-refractivity contribution in [2.75, 3.05) is 6.54 Å². The van der Waals surface area contributed by atoms with Crippen LogP contribution in [0.2, 0.25) is 0 Å². The molecule has 4 nitrogen and oxygen atoms in total. The van der Waals surface area contributed by atoms with Gasteiger partial charge in [0.15, 0.2) is 4.67 Å². The first-order valence-corrected chi connectivity index (χ1v) is 7.41. The normalized spacial score (nSPS) is 20.3. The Morgan fingerprint density at radius 3 is 2.95 bits per heavy atom. The molecule has 3 rings (SSSR count). The number of aromatic nitrogens is 2. The van der Waals surface area contributed by atoms with Crippen LogP contribution in [0.1, 0.15) is 35.9 Å². The van der Waals surface area contributed by atoms with Crippen LogP contribution in [0.15, 0.2) is 27.4 Å². The third kappa shape index (κ3) is 2.49. The number of hydrogen-bond donors (Lipinski definition) is 0. The molecule has 0 N–H and O–H groups in total. The quantitative estimate of drug-likeness (QED) is 0.867. The molecule has 1 saturated heterocycles. The first kappa shape index (κ1) is 12.9. The van der Waals surface area contributed by atoms with Crippen molar-refractivity contribution >= 4 is 15.9 Å². The molecule has 102 valence electrons. The zero-order valence-electron chi connectivity index (χ0n) is 11.3. The minimum Gasteiger partial charge on any atom is -0.453 e. The summed E-state index contributed by atoms with van der Waals surface area (Å²) in [6, 6.07) is 4.46. The minimum absolute atomic E-state index is 0.470. The summed E-state index contributed by atoms with van der Waals surface area (Å²) in [7, 11) is 2.00. The maximum absolute atomic E-state index is 5.62. The second-order valence-corrected chi connectivity index (χ2v) is 5.92. The summed E-state index contributed by atoms with van der Waals surface area (Å²) in [5.41, 5.74) is 2.61. The van der Waals surface area contributed by atoms with Crippen LogP contribution in [-0.2, 0) is 13.6 Å². The van der Waals surface area contributed by atoms with Gasteiger partial charge in [0, 0.05) is 24.3 Å². The molecule has 0 bridgehead atoms. The van der Waals surface area contributed by atoms with Crippen LogP contribution in [-0.4, -0.2) is 21.2 Å². The molecule has 1 atom stereocenters. The molecule has 3 heterocycles. The van der Waals surface area contributed by atoms with Crippen molar-refractivity contribution < 1.29 is 4.42 Å². The largest absolute Gasteiger partial charge is 0.453 e. The Labute approximate surface area is 121 Å². The van der Waals surface area contributed by atoms with E-state index in [2.05, 4.69) is 32.9 Å². The van der Waals surface area contributed by atoms with E-state index in [0.717, 1.165) is 23.5 Å². The highest BCUT2D eigenvalue weighted by Gasteiger charge is 2.29. The van der Waals surface area contributed by atoms with Gasteiger partial charge in [0.05, 0.1) is 12.7 Å². The fraction of sp³-hybridized carbons (Fsp3) is 0.500. The van der Waals surface area contributed by atoms with E-state index >= 15 is 0 Å². The van der Waals surface area contributed by atoms with Crippen molar-refractivity contribution in [1.29, 1.82) is 0 Å². The predicted octanol–water partition coefficient (Wildman–Crippen LogP) is 3.42. The monoisotopic (exact) mass is 323 g/mol. The van der Waals surface area contributed by atoms with Gasteiger partial charge >= 0.3 is 0 Å². The lowest BCUT2D eigenvalue weighted by molar-refractivity contribution is 0.226. The Morgan fingerprint density at radius 1 is 1.47 bits per heavy atom. The van der Waals surface area contributed by atoms with Gasteiger partial charge in [-0.1, -0.05) is 0 Å². The predicted molar refractivity (Wildman–Crippen MR) is 76.7 cm³/mol. The fourth-order valence-electron chi connectivity index (χ4n) is 2.85. The second kappa shape index (κ2) is 5.13. The van der Waals surface area contributed by atoms with Crippen molar-refractivity contribution in [3.8, 4) is 0 Å². The van der Waals surface area contributed by atoms with Crippen LogP contribution < -0.4 is 0 Å². The van der Waals surface area contributed by atoms with Crippen molar-refractivity contribution in [3.63, 3.8) is 0 Å². The van der Waals surface area contributed by atoms with Gasteiger partial charge in [0.1, 0.15) is 5.76 Å². The first-order valence-electron chi connectivity index (χ1n) is 6.62. The summed E-state index contributed by atoms with van der Waals surface area (Å²) in [5.74, 6) is 1.01. The number of hydrogen-bond acceptors (Lipinski definition) is 3. The average molecular weight is 324 g/mol. The molecule has 0 aliphatic carbocycles. The SMILES string of the molecule is Cc1c([C@@H]2CCCN2Cc2ccc(Br)o2)cnn1C. The van der Waals surface area contributed by atoms with Crippen LogP contribution in [0.5, 0.6) is 0 Å². The number of furan rings is 1. The summed E-state index contributed by atoms with van der Waals surface area (Å²) in [6.07, 6.45) is 4.45. The maximum Gasteiger partial charge on any atom is 0.169 e. The molecular weight excluding hydrogens is 306 g/mol. The number of nitrogens with zero attached hydrogens (tertiary/aromatic N) is 3. The summed E-state index contributed by atoms with van der Waals surface area (Å²) in [5, 5.41) is 4.37. The van der Waals surface area contributed by atoms with E-state index in [1.54, 1.807) is 0 Å². The molecule has 0 saturated carbocycles. The van der Waals surface area contributed by atoms with Crippen molar-refractivity contribution in [2.45, 2.75) is 32.4 Å². The van der Waals surface area contributed by atoms with Crippen LogP contribution in [0.25, 0.3) is 0 Å². The molecule has 0 amide bonds. The van der Waals surface area contributed by atoms with Crippen LogP contribution >= 0.6 is 15.9 Å². The Morgan fingerprint density at radius 2 is 2.32 bits per heavy atom. The van der Waals surface area contributed by atoms with E-state index in [1.807, 2.05) is 30.1 Å². The molecule has 0 unspecified atom stereocenters. The van der Waals surface area contributed by atoms with Crippen LogP contribution in [0.4, 0.5) is 0 Å². The van der Waals surface area contributed by atoms with Gasteiger partial charge in [0.25, 0.3) is 0 Å². The lowest BCUT2D eigenvalue weighted by atomic mass is 10.1. The zero-order chi connectivity index (χ0) is 13.4. The van der Waals surface area contributed by atoms with E-state index < -0.39 is 0 Å². The van der Waals surface area contributed by atoms with E-state index in [9.17, 15) is 0 Å². The average Bonchev–Trinajstić information content (AvgIpc) is 3.06. The highest BCUT2D eigenvalue weighted by Crippen LogP contribution is 2.34. The van der Waals surface area contributed by atoms with Crippen molar-refractivity contribution in [1.82, 2.24) is 14.7 Å². The highest BCUT2D eigenvalue weighted by molar-refractivity contribution is 9.10. The third-order valence-electron chi connectivity index (χ3n) is 3.98. The molecule has 0 spiro atoms. The van der Waals surface area contributed by atoms with Crippen molar-refractivity contribution in [3.05, 3.63) is 40.0 Å². The van der Waals surface area contributed by atoms with Gasteiger partial charge in [-0.25, -0.2) is 0 Å². The topological polar surface area (TPSA) is 34.2 Å². The van der Waals surface area contributed by atoms with Gasteiger partial charge < -0.3 is 4.42 Å². The van der Waals surface area contributed by atoms with E-state index in [1.165, 1.54) is 24.1 Å². The summed E-state index contributed by atoms with van der Waals surface area (Å²) in [4.78, 5) is 2.48.